The van der Waals surface area contributed by atoms with Gasteiger partial charge in [-0.1, -0.05) is 11.3 Å². The molecule has 0 saturated carbocycles. The highest BCUT2D eigenvalue weighted by Crippen LogP contribution is 2.23. The summed E-state index contributed by atoms with van der Waals surface area (Å²) in [5.41, 5.74) is 0. The van der Waals surface area contributed by atoms with Gasteiger partial charge >= 0.3 is 5.97 Å². The van der Waals surface area contributed by atoms with E-state index in [1.807, 2.05) is 0 Å². The molecule has 15 heavy (non-hydrogen) atoms. The summed E-state index contributed by atoms with van der Waals surface area (Å²) >= 11 is 4.49. The van der Waals surface area contributed by atoms with E-state index in [1.165, 1.54) is 11.3 Å². The molecule has 0 spiro atoms. The van der Waals surface area contributed by atoms with E-state index in [0.717, 1.165) is 3.79 Å². The molecule has 0 atom stereocenters. The third-order valence-electron chi connectivity index (χ3n) is 1.33. The van der Waals surface area contributed by atoms with Crippen molar-refractivity contribution in [2.45, 2.75) is 13.3 Å². The molecule has 5 nitrogen and oxygen atoms in total. The number of thiazole rings is 1. The maximum absolute atomic E-state index is 11.2. The standard InChI is InChI=1S/C8H9BrN2O3S/c1-2-14-7(13)3-6(12)11-8-10-4-5(9)15-8/h4H,2-3H2,1H3,(H,10,11,12). The largest absolute Gasteiger partial charge is 0.466 e. The quantitative estimate of drug-likeness (QED) is 0.679. The molecule has 1 aromatic heterocycles. The zero-order valence-electron chi connectivity index (χ0n) is 7.95. The maximum atomic E-state index is 11.2. The predicted octanol–water partition coefficient (Wildman–Crippen LogP) is 1.80. The van der Waals surface area contributed by atoms with Crippen molar-refractivity contribution in [2.75, 3.05) is 11.9 Å². The molecule has 1 rings (SSSR count). The van der Waals surface area contributed by atoms with Gasteiger partial charge in [0.2, 0.25) is 5.91 Å². The first-order valence-corrected chi connectivity index (χ1v) is 5.79. The lowest BCUT2D eigenvalue weighted by Crippen LogP contribution is -2.17. The highest BCUT2D eigenvalue weighted by atomic mass is 79.9. The lowest BCUT2D eigenvalue weighted by atomic mass is 10.4. The molecule has 0 radical (unpaired) electrons. The molecule has 7 heteroatoms. The van der Waals surface area contributed by atoms with E-state index in [-0.39, 0.29) is 13.0 Å². The highest BCUT2D eigenvalue weighted by molar-refractivity contribution is 9.11. The van der Waals surface area contributed by atoms with Crippen molar-refractivity contribution in [1.29, 1.82) is 0 Å². The lowest BCUT2D eigenvalue weighted by Gasteiger charge is -2.01. The fraction of sp³-hybridized carbons (Fsp3) is 0.375. The molecule has 0 bridgehead atoms. The molecule has 0 aromatic carbocycles. The molecule has 1 heterocycles. The number of anilines is 1. The Labute approximate surface area is 99.0 Å². The van der Waals surface area contributed by atoms with E-state index in [0.29, 0.717) is 5.13 Å². The van der Waals surface area contributed by atoms with Crippen LogP contribution in [-0.4, -0.2) is 23.5 Å². The first-order valence-electron chi connectivity index (χ1n) is 4.18. The number of halogens is 1. The van der Waals surface area contributed by atoms with Crippen molar-refractivity contribution >= 4 is 44.3 Å². The number of amides is 1. The lowest BCUT2D eigenvalue weighted by molar-refractivity contribution is -0.145. The summed E-state index contributed by atoms with van der Waals surface area (Å²) in [6.45, 7) is 1.96. The minimum Gasteiger partial charge on any atom is -0.466 e. The van der Waals surface area contributed by atoms with Crippen LogP contribution in [-0.2, 0) is 14.3 Å². The Morgan fingerprint density at radius 2 is 2.40 bits per heavy atom. The van der Waals surface area contributed by atoms with Gasteiger partial charge in [0.1, 0.15) is 6.42 Å². The van der Waals surface area contributed by atoms with Gasteiger partial charge in [-0.25, -0.2) is 4.98 Å². The number of aromatic nitrogens is 1. The van der Waals surface area contributed by atoms with Crippen molar-refractivity contribution in [2.24, 2.45) is 0 Å². The van der Waals surface area contributed by atoms with Gasteiger partial charge in [-0.2, -0.15) is 0 Å². The number of nitrogens with one attached hydrogen (secondary N) is 1. The van der Waals surface area contributed by atoms with Crippen LogP contribution < -0.4 is 5.32 Å². The number of nitrogens with zero attached hydrogens (tertiary/aromatic N) is 1. The number of carbonyl (C=O) groups excluding carboxylic acids is 2. The molecule has 0 fully saturated rings. The summed E-state index contributed by atoms with van der Waals surface area (Å²) in [5, 5.41) is 2.94. The Kier molecular flexibility index (Phi) is 4.70. The Balaban J connectivity index is 2.39. The van der Waals surface area contributed by atoms with Crippen LogP contribution in [0.3, 0.4) is 0 Å². The third-order valence-corrected chi connectivity index (χ3v) is 2.73. The van der Waals surface area contributed by atoms with Crippen LogP contribution >= 0.6 is 27.3 Å². The second kappa shape index (κ2) is 5.82. The predicted molar refractivity (Wildman–Crippen MR) is 59.7 cm³/mol. The SMILES string of the molecule is CCOC(=O)CC(=O)Nc1ncc(Br)s1. The van der Waals surface area contributed by atoms with Crippen molar-refractivity contribution < 1.29 is 14.3 Å². The van der Waals surface area contributed by atoms with Crippen LogP contribution in [0.1, 0.15) is 13.3 Å². The topological polar surface area (TPSA) is 68.3 Å². The summed E-state index contributed by atoms with van der Waals surface area (Å²) in [5.74, 6) is -0.957. The van der Waals surface area contributed by atoms with E-state index < -0.39 is 11.9 Å². The fourth-order valence-electron chi connectivity index (χ4n) is 0.819. The summed E-state index contributed by atoms with van der Waals surface area (Å²) < 4.78 is 5.44. The van der Waals surface area contributed by atoms with Crippen LogP contribution in [0.25, 0.3) is 0 Å². The van der Waals surface area contributed by atoms with Crippen LogP contribution in [0.2, 0.25) is 0 Å². The van der Waals surface area contributed by atoms with Gasteiger partial charge in [0.15, 0.2) is 5.13 Å². The van der Waals surface area contributed by atoms with Crippen LogP contribution in [0.15, 0.2) is 9.98 Å². The fourth-order valence-corrected chi connectivity index (χ4v) is 1.94. The number of esters is 1. The highest BCUT2D eigenvalue weighted by Gasteiger charge is 2.11. The number of hydrogen-bond acceptors (Lipinski definition) is 5. The van der Waals surface area contributed by atoms with Crippen molar-refractivity contribution in [3.8, 4) is 0 Å². The molecule has 1 amide bonds. The van der Waals surface area contributed by atoms with Crippen LogP contribution in [0, 0.1) is 0 Å². The molecule has 82 valence electrons. The van der Waals surface area contributed by atoms with Crippen LogP contribution in [0.5, 0.6) is 0 Å². The molecule has 0 saturated heterocycles. The monoisotopic (exact) mass is 292 g/mol. The first kappa shape index (κ1) is 12.1. The average Bonchev–Trinajstić information content (AvgIpc) is 2.51. The van der Waals surface area contributed by atoms with Gasteiger partial charge in [0.05, 0.1) is 16.6 Å². The average molecular weight is 293 g/mol. The minimum atomic E-state index is -0.536. The van der Waals surface area contributed by atoms with Crippen LogP contribution in [0.4, 0.5) is 5.13 Å². The summed E-state index contributed by atoms with van der Waals surface area (Å²) in [4.78, 5) is 26.1. The van der Waals surface area contributed by atoms with Crippen molar-refractivity contribution in [1.82, 2.24) is 4.98 Å². The zero-order valence-corrected chi connectivity index (χ0v) is 10.4. The Bertz CT molecular complexity index is 367. The van der Waals surface area contributed by atoms with Gasteiger partial charge in [-0.3, -0.25) is 9.59 Å². The smallest absolute Gasteiger partial charge is 0.315 e. The van der Waals surface area contributed by atoms with Gasteiger partial charge in [-0.15, -0.1) is 0 Å². The van der Waals surface area contributed by atoms with E-state index in [4.69, 9.17) is 0 Å². The van der Waals surface area contributed by atoms with E-state index in [2.05, 4.69) is 31.0 Å². The summed E-state index contributed by atoms with van der Waals surface area (Å²) in [7, 11) is 0. The normalized spacial score (nSPS) is 9.73. The first-order chi connectivity index (χ1) is 7.11. The maximum Gasteiger partial charge on any atom is 0.315 e. The van der Waals surface area contributed by atoms with Gasteiger partial charge in [0.25, 0.3) is 0 Å². The van der Waals surface area contributed by atoms with Gasteiger partial charge in [-0.05, 0) is 22.9 Å². The van der Waals surface area contributed by atoms with Gasteiger partial charge < -0.3 is 10.1 Å². The molecule has 1 aromatic rings. The second-order valence-electron chi connectivity index (χ2n) is 2.50. The summed E-state index contributed by atoms with van der Waals surface area (Å²) in [6, 6.07) is 0. The third kappa shape index (κ3) is 4.39. The zero-order chi connectivity index (χ0) is 11.3. The molecule has 0 aliphatic heterocycles. The number of carbonyl (C=O) groups is 2. The van der Waals surface area contributed by atoms with Gasteiger partial charge in [0, 0.05) is 0 Å². The molecule has 0 unspecified atom stereocenters. The second-order valence-corrected chi connectivity index (χ2v) is 4.91. The molecular weight excluding hydrogens is 284 g/mol. The number of ether oxygens (including phenoxy) is 1. The van der Waals surface area contributed by atoms with E-state index >= 15 is 0 Å². The number of hydrogen-bond donors (Lipinski definition) is 1. The Morgan fingerprint density at radius 1 is 1.67 bits per heavy atom. The summed E-state index contributed by atoms with van der Waals surface area (Å²) in [6.07, 6.45) is 1.29. The number of rotatable bonds is 4. The molecule has 0 aliphatic rings. The van der Waals surface area contributed by atoms with Crippen molar-refractivity contribution in [3.05, 3.63) is 9.98 Å². The van der Waals surface area contributed by atoms with E-state index in [9.17, 15) is 9.59 Å². The Hall–Kier alpha value is -0.950. The van der Waals surface area contributed by atoms with E-state index in [1.54, 1.807) is 13.1 Å². The molecular formula is C8H9BrN2O3S. The van der Waals surface area contributed by atoms with Crippen molar-refractivity contribution in [3.63, 3.8) is 0 Å². The Morgan fingerprint density at radius 3 is 2.93 bits per heavy atom. The molecule has 0 aliphatic carbocycles. The molecule has 1 N–H and O–H groups in total. The minimum absolute atomic E-state index is 0.273.